The molecule has 0 N–H and O–H groups in total. The number of halogens is 3. The van der Waals surface area contributed by atoms with E-state index in [9.17, 15) is 26.4 Å². The fourth-order valence-electron chi connectivity index (χ4n) is 1.58. The molecule has 0 heterocycles. The highest BCUT2D eigenvalue weighted by atomic mass is 32.2. The van der Waals surface area contributed by atoms with Gasteiger partial charge in [0.1, 0.15) is 5.76 Å². The smallest absolute Gasteiger partial charge is 0.463 e. The van der Waals surface area contributed by atoms with E-state index in [4.69, 9.17) is 4.74 Å². The summed E-state index contributed by atoms with van der Waals surface area (Å²) in [7, 11) is -5.68. The highest BCUT2D eigenvalue weighted by Crippen LogP contribution is 2.31. The molecule has 0 atom stereocenters. The van der Waals surface area contributed by atoms with Crippen molar-refractivity contribution in [1.82, 2.24) is 0 Å². The number of carbonyl (C=O) groups is 1. The average Bonchev–Trinajstić information content (AvgIpc) is 2.27. The molecule has 0 radical (unpaired) electrons. The van der Waals surface area contributed by atoms with E-state index >= 15 is 0 Å². The third-order valence-corrected chi connectivity index (χ3v) is 3.50. The predicted molar refractivity (Wildman–Crippen MR) is 62.7 cm³/mol. The Labute approximate surface area is 114 Å². The van der Waals surface area contributed by atoms with Gasteiger partial charge in [-0.3, -0.25) is 0 Å². The maximum Gasteiger partial charge on any atom is 0.534 e. The van der Waals surface area contributed by atoms with E-state index in [0.29, 0.717) is 11.1 Å². The zero-order valence-electron chi connectivity index (χ0n) is 10.8. The molecule has 0 spiro atoms. The third-order valence-electron chi connectivity index (χ3n) is 2.50. The van der Waals surface area contributed by atoms with Crippen LogP contribution in [0, 0.1) is 0 Å². The summed E-state index contributed by atoms with van der Waals surface area (Å²) >= 11 is 0. The van der Waals surface area contributed by atoms with Gasteiger partial charge in [-0.2, -0.15) is 21.6 Å². The van der Waals surface area contributed by atoms with E-state index in [-0.39, 0.29) is 25.2 Å². The summed E-state index contributed by atoms with van der Waals surface area (Å²) in [6, 6.07) is 0. The summed E-state index contributed by atoms with van der Waals surface area (Å²) in [6.45, 7) is 3.26. The van der Waals surface area contributed by atoms with Crippen molar-refractivity contribution >= 4 is 16.1 Å². The molecule has 0 aromatic carbocycles. The van der Waals surface area contributed by atoms with Gasteiger partial charge in [-0.1, -0.05) is 0 Å². The number of rotatable bonds is 4. The molecule has 0 bridgehead atoms. The van der Waals surface area contributed by atoms with Gasteiger partial charge in [0.15, 0.2) is 0 Å². The Balaban J connectivity index is 2.93. The molecule has 5 nitrogen and oxygen atoms in total. The molecule has 0 aliphatic heterocycles. The molecule has 0 aromatic heterocycles. The molecule has 114 valence electrons. The number of carbonyl (C=O) groups excluding carboxylic acids is 1. The first-order chi connectivity index (χ1) is 9.08. The van der Waals surface area contributed by atoms with Crippen molar-refractivity contribution in [3.8, 4) is 0 Å². The van der Waals surface area contributed by atoms with Crippen LogP contribution >= 0.6 is 0 Å². The lowest BCUT2D eigenvalue weighted by molar-refractivity contribution is -0.138. The first-order valence-electron chi connectivity index (χ1n) is 5.66. The Morgan fingerprint density at radius 3 is 2.40 bits per heavy atom. The monoisotopic (exact) mass is 314 g/mol. The van der Waals surface area contributed by atoms with Gasteiger partial charge in [0.05, 0.1) is 6.61 Å². The molecule has 0 saturated heterocycles. The Morgan fingerprint density at radius 2 is 1.95 bits per heavy atom. The first-order valence-corrected chi connectivity index (χ1v) is 7.07. The highest BCUT2D eigenvalue weighted by molar-refractivity contribution is 7.87. The minimum atomic E-state index is -5.68. The summed E-state index contributed by atoms with van der Waals surface area (Å²) in [5.41, 5.74) is -4.86. The van der Waals surface area contributed by atoms with Crippen LogP contribution in [0.2, 0.25) is 0 Å². The molecule has 0 unspecified atom stereocenters. The van der Waals surface area contributed by atoms with Gasteiger partial charge in [0, 0.05) is 12.0 Å². The van der Waals surface area contributed by atoms with E-state index in [1.807, 2.05) is 0 Å². The van der Waals surface area contributed by atoms with Crippen LogP contribution in [-0.2, 0) is 23.8 Å². The Kier molecular flexibility index (Phi) is 4.85. The predicted octanol–water partition coefficient (Wildman–Crippen LogP) is 2.41. The van der Waals surface area contributed by atoms with Crippen molar-refractivity contribution in [1.29, 1.82) is 0 Å². The average molecular weight is 314 g/mol. The first kappa shape index (κ1) is 16.5. The summed E-state index contributed by atoms with van der Waals surface area (Å²) in [4.78, 5) is 11.5. The SMILES string of the molecule is CCOC(=O)C1=C(C)C=C(OS(=O)(=O)C(F)(F)F)CC1. The molecule has 1 rings (SSSR count). The topological polar surface area (TPSA) is 69.7 Å². The lowest BCUT2D eigenvalue weighted by Crippen LogP contribution is -2.26. The number of esters is 1. The molecule has 0 saturated carbocycles. The van der Waals surface area contributed by atoms with Gasteiger partial charge in [-0.05, 0) is 31.9 Å². The fraction of sp³-hybridized carbons (Fsp3) is 0.545. The lowest BCUT2D eigenvalue weighted by atomic mass is 9.98. The van der Waals surface area contributed by atoms with Gasteiger partial charge < -0.3 is 8.92 Å². The summed E-state index contributed by atoms with van der Waals surface area (Å²) < 4.78 is 67.0. The molecular formula is C11H13F3O5S. The maximum atomic E-state index is 12.2. The Morgan fingerprint density at radius 1 is 1.35 bits per heavy atom. The van der Waals surface area contributed by atoms with E-state index in [1.165, 1.54) is 6.92 Å². The summed E-state index contributed by atoms with van der Waals surface area (Å²) in [5.74, 6) is -0.924. The second-order valence-electron chi connectivity index (χ2n) is 3.98. The van der Waals surface area contributed by atoms with Gasteiger partial charge in [-0.15, -0.1) is 0 Å². The number of hydrogen-bond donors (Lipinski definition) is 0. The van der Waals surface area contributed by atoms with Crippen LogP contribution < -0.4 is 0 Å². The minimum absolute atomic E-state index is 0.0594. The number of allylic oxidation sites excluding steroid dienone is 3. The normalized spacial score (nSPS) is 16.8. The van der Waals surface area contributed by atoms with Gasteiger partial charge in [0.2, 0.25) is 0 Å². The number of ether oxygens (including phenoxy) is 1. The molecule has 1 aliphatic rings. The Bertz CT molecular complexity index is 557. The molecule has 9 heteroatoms. The fourth-order valence-corrected chi connectivity index (χ4v) is 2.09. The van der Waals surface area contributed by atoms with Crippen LogP contribution in [0.1, 0.15) is 26.7 Å². The van der Waals surface area contributed by atoms with Crippen LogP contribution in [0.25, 0.3) is 0 Å². The van der Waals surface area contributed by atoms with Crippen LogP contribution in [0.5, 0.6) is 0 Å². The van der Waals surface area contributed by atoms with E-state index < -0.39 is 21.6 Å². The maximum absolute atomic E-state index is 12.2. The number of hydrogen-bond acceptors (Lipinski definition) is 5. The van der Waals surface area contributed by atoms with Crippen molar-refractivity contribution in [2.24, 2.45) is 0 Å². The number of alkyl halides is 3. The second kappa shape index (κ2) is 5.86. The van der Waals surface area contributed by atoms with Crippen LogP contribution in [0.4, 0.5) is 13.2 Å². The second-order valence-corrected chi connectivity index (χ2v) is 5.51. The van der Waals surface area contributed by atoms with E-state index in [1.54, 1.807) is 6.92 Å². The van der Waals surface area contributed by atoms with Crippen molar-refractivity contribution in [2.45, 2.75) is 32.2 Å². The highest BCUT2D eigenvalue weighted by Gasteiger charge is 2.48. The Hall–Kier alpha value is -1.51. The van der Waals surface area contributed by atoms with Crippen LogP contribution in [-0.4, -0.2) is 26.5 Å². The van der Waals surface area contributed by atoms with E-state index in [0.717, 1.165) is 6.08 Å². The van der Waals surface area contributed by atoms with E-state index in [2.05, 4.69) is 4.18 Å². The lowest BCUT2D eigenvalue weighted by Gasteiger charge is -2.18. The molecule has 0 amide bonds. The molecule has 0 fully saturated rings. The van der Waals surface area contributed by atoms with Crippen molar-refractivity contribution in [3.05, 3.63) is 23.0 Å². The van der Waals surface area contributed by atoms with Crippen molar-refractivity contribution < 1.29 is 35.3 Å². The van der Waals surface area contributed by atoms with Crippen molar-refractivity contribution in [3.63, 3.8) is 0 Å². The van der Waals surface area contributed by atoms with Crippen molar-refractivity contribution in [2.75, 3.05) is 6.61 Å². The summed E-state index contributed by atoms with van der Waals surface area (Å²) in [6.07, 6.45) is 1.03. The molecule has 1 aliphatic carbocycles. The minimum Gasteiger partial charge on any atom is -0.463 e. The largest absolute Gasteiger partial charge is 0.534 e. The molecular weight excluding hydrogens is 301 g/mol. The van der Waals surface area contributed by atoms with Gasteiger partial charge >= 0.3 is 21.6 Å². The van der Waals surface area contributed by atoms with Gasteiger partial charge in [0.25, 0.3) is 0 Å². The third kappa shape index (κ3) is 3.75. The standard InChI is InChI=1S/C11H13F3O5S/c1-3-18-10(15)9-5-4-8(6-7(9)2)19-20(16,17)11(12,13)14/h6H,3-5H2,1-2H3. The van der Waals surface area contributed by atoms with Gasteiger partial charge in [-0.25, -0.2) is 4.79 Å². The summed E-state index contributed by atoms with van der Waals surface area (Å²) in [5, 5.41) is 0. The molecule has 0 aromatic rings. The quantitative estimate of drug-likeness (QED) is 0.453. The molecule has 20 heavy (non-hydrogen) atoms. The van der Waals surface area contributed by atoms with Crippen LogP contribution in [0.15, 0.2) is 23.0 Å². The van der Waals surface area contributed by atoms with Crippen LogP contribution in [0.3, 0.4) is 0 Å². The zero-order chi connectivity index (χ0) is 15.6. The zero-order valence-corrected chi connectivity index (χ0v) is 11.6.